The maximum atomic E-state index is 12.4. The van der Waals surface area contributed by atoms with Crippen LogP contribution in [-0.2, 0) is 10.9 Å². The Kier molecular flexibility index (Phi) is 4.07. The van der Waals surface area contributed by atoms with E-state index >= 15 is 0 Å². The van der Waals surface area contributed by atoms with Crippen LogP contribution in [0.5, 0.6) is 0 Å². The minimum Gasteiger partial charge on any atom is -0.289 e. The maximum Gasteiger partial charge on any atom is 0.212 e. The molecule has 0 saturated carbocycles. The summed E-state index contributed by atoms with van der Waals surface area (Å²) in [5.74, 6) is 0.784. The van der Waals surface area contributed by atoms with Crippen molar-refractivity contribution in [2.45, 2.75) is 4.90 Å². The van der Waals surface area contributed by atoms with Crippen LogP contribution in [0.1, 0.15) is 10.4 Å². The second kappa shape index (κ2) is 6.15. The number of fused-ring (bicyclic) bond motifs is 1. The Morgan fingerprint density at radius 3 is 2.33 bits per heavy atom. The molecule has 0 N–H and O–H groups in total. The van der Waals surface area contributed by atoms with Gasteiger partial charge in [-0.15, -0.1) is 0 Å². The summed E-state index contributed by atoms with van der Waals surface area (Å²) in [6, 6.07) is 24.3. The van der Waals surface area contributed by atoms with Gasteiger partial charge in [-0.3, -0.25) is 4.79 Å². The highest BCUT2D eigenvalue weighted by Gasteiger charge is 2.23. The van der Waals surface area contributed by atoms with Crippen LogP contribution in [0.15, 0.2) is 77.7 Å². The molecule has 0 aliphatic heterocycles. The second-order valence-corrected chi connectivity index (χ2v) is 7.05. The molecule has 0 heterocycles. The minimum absolute atomic E-state index is 0.0881. The summed E-state index contributed by atoms with van der Waals surface area (Å²) in [5, 5.41) is 2.49. The van der Waals surface area contributed by atoms with Crippen LogP contribution in [0.25, 0.3) is 10.8 Å². The zero-order valence-electron chi connectivity index (χ0n) is 12.0. The average Bonchev–Trinajstić information content (AvgIpc) is 2.55. The molecule has 1 nitrogen and oxygen atoms in total. The average molecular weight is 293 g/mol. The Hall–Kier alpha value is -2.06. The second-order valence-electron chi connectivity index (χ2n) is 5.05. The zero-order valence-corrected chi connectivity index (χ0v) is 12.8. The van der Waals surface area contributed by atoms with Gasteiger partial charge in [-0.25, -0.2) is 0 Å². The Balaban J connectivity index is 1.88. The predicted octanol–water partition coefficient (Wildman–Crippen LogP) is 4.33. The number of ketones is 1. The molecule has 21 heavy (non-hydrogen) atoms. The van der Waals surface area contributed by atoms with E-state index in [1.807, 2.05) is 30.3 Å². The molecule has 0 radical (unpaired) electrons. The number of carbonyl (C=O) groups excluding carboxylic acids is 1. The molecule has 0 spiro atoms. The molecule has 0 aliphatic rings. The lowest BCUT2D eigenvalue weighted by molar-refractivity contribution is 0.102. The normalized spacial score (nSPS) is 12.2. The van der Waals surface area contributed by atoms with Gasteiger partial charge in [-0.2, -0.15) is 0 Å². The zero-order chi connectivity index (χ0) is 14.7. The van der Waals surface area contributed by atoms with Crippen molar-refractivity contribution in [1.82, 2.24) is 0 Å². The molecule has 0 bridgehead atoms. The van der Waals surface area contributed by atoms with E-state index in [9.17, 15) is 4.79 Å². The van der Waals surface area contributed by atoms with Gasteiger partial charge in [0.05, 0.1) is 0 Å². The molecule has 3 aromatic carbocycles. The largest absolute Gasteiger partial charge is 0.289 e. The summed E-state index contributed by atoms with van der Waals surface area (Å²) in [6.45, 7) is 0. The number of hydrogen-bond donors (Lipinski definition) is 0. The van der Waals surface area contributed by atoms with Gasteiger partial charge in [-0.05, 0) is 17.5 Å². The topological polar surface area (TPSA) is 17.1 Å². The van der Waals surface area contributed by atoms with Crippen molar-refractivity contribution >= 4 is 27.5 Å². The van der Waals surface area contributed by atoms with Crippen molar-refractivity contribution in [2.75, 3.05) is 12.0 Å². The fourth-order valence-corrected chi connectivity index (χ4v) is 4.07. The van der Waals surface area contributed by atoms with E-state index in [0.29, 0.717) is 5.75 Å². The highest BCUT2D eigenvalue weighted by atomic mass is 32.2. The summed E-state index contributed by atoms with van der Waals surface area (Å²) >= 11 is 0. The molecule has 0 fully saturated rings. The SMILES string of the molecule is C[S+](CC(=O)c1ccccc1)c1cccc2ccccc12. The van der Waals surface area contributed by atoms with Crippen molar-refractivity contribution in [3.05, 3.63) is 78.4 Å². The first-order valence-corrected chi connectivity index (χ1v) is 8.74. The molecule has 1 unspecified atom stereocenters. The molecular formula is C19H17OS+. The summed E-state index contributed by atoms with van der Waals surface area (Å²) < 4.78 is 0. The number of benzene rings is 3. The summed E-state index contributed by atoms with van der Waals surface area (Å²) in [4.78, 5) is 13.6. The summed E-state index contributed by atoms with van der Waals surface area (Å²) in [5.41, 5.74) is 0.803. The predicted molar refractivity (Wildman–Crippen MR) is 91.1 cm³/mol. The third-order valence-electron chi connectivity index (χ3n) is 3.57. The van der Waals surface area contributed by atoms with Gasteiger partial charge < -0.3 is 0 Å². The van der Waals surface area contributed by atoms with Crippen LogP contribution >= 0.6 is 0 Å². The summed E-state index contributed by atoms with van der Waals surface area (Å²) in [6.07, 6.45) is 2.16. The summed E-state index contributed by atoms with van der Waals surface area (Å²) in [7, 11) is -0.0881. The Labute approximate surface area is 128 Å². The lowest BCUT2D eigenvalue weighted by atomic mass is 10.1. The van der Waals surface area contributed by atoms with E-state index < -0.39 is 0 Å². The minimum atomic E-state index is -0.0881. The molecule has 104 valence electrons. The fourth-order valence-electron chi connectivity index (χ4n) is 2.48. The van der Waals surface area contributed by atoms with Gasteiger partial charge in [0.15, 0.2) is 10.6 Å². The van der Waals surface area contributed by atoms with E-state index in [1.165, 1.54) is 15.7 Å². The molecule has 0 aromatic heterocycles. The van der Waals surface area contributed by atoms with Crippen LogP contribution in [0.3, 0.4) is 0 Å². The van der Waals surface area contributed by atoms with Gasteiger partial charge in [0.25, 0.3) is 0 Å². The van der Waals surface area contributed by atoms with E-state index in [1.54, 1.807) is 0 Å². The van der Waals surface area contributed by atoms with Crippen LogP contribution in [-0.4, -0.2) is 17.8 Å². The van der Waals surface area contributed by atoms with E-state index in [2.05, 4.69) is 48.7 Å². The Bertz CT molecular complexity index is 759. The molecule has 0 saturated heterocycles. The van der Waals surface area contributed by atoms with E-state index in [4.69, 9.17) is 0 Å². The third kappa shape index (κ3) is 3.01. The van der Waals surface area contributed by atoms with Gasteiger partial charge in [0, 0.05) is 21.8 Å². The van der Waals surface area contributed by atoms with E-state index in [0.717, 1.165) is 5.56 Å². The van der Waals surface area contributed by atoms with Crippen molar-refractivity contribution in [3.8, 4) is 0 Å². The number of rotatable bonds is 4. The molecule has 3 aromatic rings. The number of Topliss-reactive ketones (excluding diaryl/α,β-unsaturated/α-hetero) is 1. The molecule has 1 atom stereocenters. The lowest BCUT2D eigenvalue weighted by Gasteiger charge is -2.06. The Morgan fingerprint density at radius 1 is 0.857 bits per heavy atom. The smallest absolute Gasteiger partial charge is 0.212 e. The van der Waals surface area contributed by atoms with Crippen molar-refractivity contribution in [2.24, 2.45) is 0 Å². The monoisotopic (exact) mass is 293 g/mol. The number of carbonyl (C=O) groups is 1. The highest BCUT2D eigenvalue weighted by molar-refractivity contribution is 7.97. The number of hydrogen-bond acceptors (Lipinski definition) is 1. The van der Waals surface area contributed by atoms with E-state index in [-0.39, 0.29) is 16.7 Å². The lowest BCUT2D eigenvalue weighted by Crippen LogP contribution is -2.15. The maximum absolute atomic E-state index is 12.4. The van der Waals surface area contributed by atoms with Crippen LogP contribution < -0.4 is 0 Å². The molecule has 3 rings (SSSR count). The third-order valence-corrected chi connectivity index (χ3v) is 5.37. The standard InChI is InChI=1S/C19H17OS/c1-21(14-18(20)16-9-3-2-4-10-16)19-13-7-11-15-8-5-6-12-17(15)19/h2-13H,14H2,1H3/q+1. The first-order valence-electron chi connectivity index (χ1n) is 6.94. The molecular weight excluding hydrogens is 276 g/mol. The van der Waals surface area contributed by atoms with Crippen molar-refractivity contribution < 1.29 is 4.79 Å². The van der Waals surface area contributed by atoms with Crippen LogP contribution in [0, 0.1) is 0 Å². The first-order chi connectivity index (χ1) is 10.3. The van der Waals surface area contributed by atoms with Gasteiger partial charge in [0.2, 0.25) is 5.78 Å². The highest BCUT2D eigenvalue weighted by Crippen LogP contribution is 2.24. The van der Waals surface area contributed by atoms with Crippen LogP contribution in [0.2, 0.25) is 0 Å². The quantitative estimate of drug-likeness (QED) is 0.517. The van der Waals surface area contributed by atoms with Gasteiger partial charge in [-0.1, -0.05) is 60.7 Å². The van der Waals surface area contributed by atoms with Gasteiger partial charge >= 0.3 is 0 Å². The molecule has 0 aliphatic carbocycles. The van der Waals surface area contributed by atoms with Gasteiger partial charge in [0.1, 0.15) is 6.26 Å². The molecule has 0 amide bonds. The van der Waals surface area contributed by atoms with Crippen molar-refractivity contribution in [1.29, 1.82) is 0 Å². The fraction of sp³-hybridized carbons (Fsp3) is 0.105. The van der Waals surface area contributed by atoms with Crippen LogP contribution in [0.4, 0.5) is 0 Å². The Morgan fingerprint density at radius 2 is 1.52 bits per heavy atom. The first kappa shape index (κ1) is 13.9. The molecule has 2 heteroatoms. The van der Waals surface area contributed by atoms with Crippen molar-refractivity contribution in [3.63, 3.8) is 0 Å².